The van der Waals surface area contributed by atoms with Crippen LogP contribution in [0.4, 0.5) is 0 Å². The molecule has 1 aromatic carbocycles. The van der Waals surface area contributed by atoms with E-state index in [-0.39, 0.29) is 0 Å². The maximum Gasteiger partial charge on any atom is 0.132 e. The number of fused-ring (bicyclic) bond motifs is 3. The summed E-state index contributed by atoms with van der Waals surface area (Å²) >= 11 is 0. The van der Waals surface area contributed by atoms with Crippen molar-refractivity contribution in [1.29, 1.82) is 0 Å². The fourth-order valence-corrected chi connectivity index (χ4v) is 3.99. The van der Waals surface area contributed by atoms with Crippen LogP contribution in [0.15, 0.2) is 18.2 Å². The normalized spacial score (nSPS) is 29.3. The van der Waals surface area contributed by atoms with E-state index in [0.29, 0.717) is 23.5 Å². The van der Waals surface area contributed by atoms with Crippen LogP contribution in [0.5, 0.6) is 5.75 Å². The van der Waals surface area contributed by atoms with Crippen molar-refractivity contribution in [2.45, 2.75) is 44.9 Å². The minimum Gasteiger partial charge on any atom is -0.497 e. The van der Waals surface area contributed by atoms with Gasteiger partial charge in [0.1, 0.15) is 11.5 Å². The third-order valence-electron chi connectivity index (χ3n) is 5.09. The zero-order valence-electron chi connectivity index (χ0n) is 11.8. The lowest BCUT2D eigenvalue weighted by atomic mass is 9.65. The van der Waals surface area contributed by atoms with Crippen molar-refractivity contribution in [2.24, 2.45) is 11.8 Å². The van der Waals surface area contributed by atoms with E-state index >= 15 is 0 Å². The number of hydrogen-bond donors (Lipinski definition) is 0. The predicted octanol–water partition coefficient (Wildman–Crippen LogP) is 3.73. The molecule has 1 fully saturated rings. The van der Waals surface area contributed by atoms with Crippen molar-refractivity contribution in [3.8, 4) is 5.75 Å². The lowest BCUT2D eigenvalue weighted by molar-refractivity contribution is -0.122. The Bertz CT molecular complexity index is 492. The summed E-state index contributed by atoms with van der Waals surface area (Å²) in [5.41, 5.74) is 2.97. The first kappa shape index (κ1) is 12.7. The van der Waals surface area contributed by atoms with Crippen molar-refractivity contribution in [3.63, 3.8) is 0 Å². The molecule has 19 heavy (non-hydrogen) atoms. The van der Waals surface area contributed by atoms with Crippen LogP contribution >= 0.6 is 0 Å². The number of rotatable bonds is 2. The van der Waals surface area contributed by atoms with E-state index in [2.05, 4.69) is 18.2 Å². The van der Waals surface area contributed by atoms with E-state index in [9.17, 15) is 4.79 Å². The molecule has 1 aromatic rings. The molecule has 3 rings (SSSR count). The number of aryl methyl sites for hydroxylation is 1. The van der Waals surface area contributed by atoms with Gasteiger partial charge in [0.25, 0.3) is 0 Å². The summed E-state index contributed by atoms with van der Waals surface area (Å²) in [7, 11) is 1.73. The zero-order chi connectivity index (χ0) is 13.4. The van der Waals surface area contributed by atoms with Gasteiger partial charge in [-0.3, -0.25) is 4.79 Å². The number of ether oxygens (including phenoxy) is 1. The van der Waals surface area contributed by atoms with E-state index in [0.717, 1.165) is 25.0 Å². The molecule has 0 aliphatic heterocycles. The standard InChI is InChI=1S/C17H22O2/c1-11(18)12-5-7-16-13(9-12)3-4-14-10-15(19-2)6-8-17(14)16/h6,8,10,12-13,16H,3-5,7,9H2,1-2H3. The molecule has 0 radical (unpaired) electrons. The topological polar surface area (TPSA) is 26.3 Å². The van der Waals surface area contributed by atoms with Crippen LogP contribution < -0.4 is 4.74 Å². The predicted molar refractivity (Wildman–Crippen MR) is 75.6 cm³/mol. The number of hydrogen-bond acceptors (Lipinski definition) is 2. The van der Waals surface area contributed by atoms with Crippen LogP contribution in [0.25, 0.3) is 0 Å². The molecule has 3 atom stereocenters. The van der Waals surface area contributed by atoms with E-state index in [1.54, 1.807) is 14.0 Å². The molecular weight excluding hydrogens is 236 g/mol. The molecule has 2 nitrogen and oxygen atoms in total. The van der Waals surface area contributed by atoms with Gasteiger partial charge in [-0.2, -0.15) is 0 Å². The van der Waals surface area contributed by atoms with Crippen molar-refractivity contribution in [1.82, 2.24) is 0 Å². The second-order valence-corrected chi connectivity index (χ2v) is 6.09. The van der Waals surface area contributed by atoms with Crippen LogP contribution in [0.3, 0.4) is 0 Å². The average Bonchev–Trinajstić information content (AvgIpc) is 2.45. The molecule has 2 aliphatic rings. The Kier molecular flexibility index (Phi) is 3.34. The first-order valence-electron chi connectivity index (χ1n) is 7.36. The molecule has 2 heteroatoms. The molecule has 0 spiro atoms. The third-order valence-corrected chi connectivity index (χ3v) is 5.09. The SMILES string of the molecule is COc1ccc2c(c1)CCC1CC(C(C)=O)CCC21. The first-order valence-corrected chi connectivity index (χ1v) is 7.36. The van der Waals surface area contributed by atoms with Gasteiger partial charge in [0.15, 0.2) is 0 Å². The van der Waals surface area contributed by atoms with Gasteiger partial charge in [0, 0.05) is 5.92 Å². The Morgan fingerprint density at radius 1 is 1.26 bits per heavy atom. The van der Waals surface area contributed by atoms with Crippen molar-refractivity contribution in [2.75, 3.05) is 7.11 Å². The van der Waals surface area contributed by atoms with Crippen LogP contribution in [0, 0.1) is 11.8 Å². The molecule has 0 heterocycles. The van der Waals surface area contributed by atoms with Gasteiger partial charge in [0.05, 0.1) is 7.11 Å². The van der Waals surface area contributed by atoms with Gasteiger partial charge in [-0.05, 0) is 74.1 Å². The Morgan fingerprint density at radius 2 is 2.11 bits per heavy atom. The zero-order valence-corrected chi connectivity index (χ0v) is 11.8. The highest BCUT2D eigenvalue weighted by Crippen LogP contribution is 2.47. The summed E-state index contributed by atoms with van der Waals surface area (Å²) in [6, 6.07) is 6.53. The van der Waals surface area contributed by atoms with Gasteiger partial charge in [-0.15, -0.1) is 0 Å². The molecule has 102 valence electrons. The lowest BCUT2D eigenvalue weighted by Gasteiger charge is -2.40. The smallest absolute Gasteiger partial charge is 0.132 e. The fraction of sp³-hybridized carbons (Fsp3) is 0.588. The average molecular weight is 258 g/mol. The minimum absolute atomic E-state index is 0.320. The maximum absolute atomic E-state index is 11.6. The third kappa shape index (κ3) is 2.29. The summed E-state index contributed by atoms with van der Waals surface area (Å²) < 4.78 is 5.32. The molecule has 0 saturated heterocycles. The molecule has 3 unspecified atom stereocenters. The van der Waals surface area contributed by atoms with E-state index < -0.39 is 0 Å². The summed E-state index contributed by atoms with van der Waals surface area (Å²) in [5.74, 6) is 3.06. The molecule has 0 bridgehead atoms. The van der Waals surface area contributed by atoms with Crippen LogP contribution in [0.2, 0.25) is 0 Å². The first-order chi connectivity index (χ1) is 9.19. The van der Waals surface area contributed by atoms with Crippen LogP contribution in [-0.2, 0) is 11.2 Å². The molecule has 1 saturated carbocycles. The maximum atomic E-state index is 11.6. The number of ketones is 1. The van der Waals surface area contributed by atoms with E-state index in [1.807, 2.05) is 0 Å². The van der Waals surface area contributed by atoms with Crippen molar-refractivity contribution >= 4 is 5.78 Å². The van der Waals surface area contributed by atoms with Gasteiger partial charge >= 0.3 is 0 Å². The number of carbonyl (C=O) groups is 1. The molecule has 0 N–H and O–H groups in total. The van der Waals surface area contributed by atoms with Gasteiger partial charge in [-0.1, -0.05) is 6.07 Å². The monoisotopic (exact) mass is 258 g/mol. The molecule has 0 amide bonds. The highest BCUT2D eigenvalue weighted by molar-refractivity contribution is 5.78. The number of Topliss-reactive ketones (excluding diaryl/α,β-unsaturated/α-hetero) is 1. The lowest BCUT2D eigenvalue weighted by Crippen LogP contribution is -2.30. The van der Waals surface area contributed by atoms with Crippen molar-refractivity contribution < 1.29 is 9.53 Å². The largest absolute Gasteiger partial charge is 0.497 e. The minimum atomic E-state index is 0.320. The number of carbonyl (C=O) groups excluding carboxylic acids is 1. The van der Waals surface area contributed by atoms with Gasteiger partial charge < -0.3 is 4.74 Å². The number of benzene rings is 1. The summed E-state index contributed by atoms with van der Waals surface area (Å²) in [6.07, 6.45) is 5.72. The second kappa shape index (κ2) is 4.99. The van der Waals surface area contributed by atoms with Crippen LogP contribution in [-0.4, -0.2) is 12.9 Å². The number of methoxy groups -OCH3 is 1. The van der Waals surface area contributed by atoms with Gasteiger partial charge in [0.2, 0.25) is 0 Å². The van der Waals surface area contributed by atoms with E-state index in [4.69, 9.17) is 4.74 Å². The highest BCUT2D eigenvalue weighted by atomic mass is 16.5. The summed E-state index contributed by atoms with van der Waals surface area (Å²) in [5, 5.41) is 0. The molecular formula is C17H22O2. The second-order valence-electron chi connectivity index (χ2n) is 6.09. The Labute approximate surface area is 115 Å². The summed E-state index contributed by atoms with van der Waals surface area (Å²) in [4.78, 5) is 11.6. The summed E-state index contributed by atoms with van der Waals surface area (Å²) in [6.45, 7) is 1.76. The van der Waals surface area contributed by atoms with Gasteiger partial charge in [-0.25, -0.2) is 0 Å². The Hall–Kier alpha value is -1.31. The molecule has 0 aromatic heterocycles. The van der Waals surface area contributed by atoms with Crippen LogP contribution in [0.1, 0.15) is 49.7 Å². The fourth-order valence-electron chi connectivity index (χ4n) is 3.99. The van der Waals surface area contributed by atoms with Crippen molar-refractivity contribution in [3.05, 3.63) is 29.3 Å². The van der Waals surface area contributed by atoms with E-state index in [1.165, 1.54) is 24.0 Å². The molecule has 2 aliphatic carbocycles. The Morgan fingerprint density at radius 3 is 2.84 bits per heavy atom. The quantitative estimate of drug-likeness (QED) is 0.808. The Balaban J connectivity index is 1.85. The highest BCUT2D eigenvalue weighted by Gasteiger charge is 2.36.